The molecule has 1 heterocycles. The lowest BCUT2D eigenvalue weighted by atomic mass is 9.79. The zero-order chi connectivity index (χ0) is 16.8. The van der Waals surface area contributed by atoms with Crippen molar-refractivity contribution in [1.82, 2.24) is 4.72 Å². The van der Waals surface area contributed by atoms with Crippen LogP contribution in [-0.2, 0) is 19.3 Å². The van der Waals surface area contributed by atoms with E-state index in [1.807, 2.05) is 27.7 Å². The predicted molar refractivity (Wildman–Crippen MR) is 87.4 cm³/mol. The highest BCUT2D eigenvalue weighted by Gasteiger charge is 2.52. The van der Waals surface area contributed by atoms with E-state index in [9.17, 15) is 8.42 Å². The molecule has 3 N–H and O–H groups in total. The number of benzene rings is 1. The van der Waals surface area contributed by atoms with Gasteiger partial charge >= 0.3 is 7.12 Å². The molecule has 0 radical (unpaired) electrons. The first-order valence-electron chi connectivity index (χ1n) is 7.25. The Morgan fingerprint density at radius 2 is 1.73 bits per heavy atom. The van der Waals surface area contributed by atoms with Crippen LogP contribution in [0.15, 0.2) is 23.1 Å². The smallest absolute Gasteiger partial charge is 0.399 e. The van der Waals surface area contributed by atoms with Crippen LogP contribution < -0.4 is 15.9 Å². The molecule has 1 aliphatic rings. The van der Waals surface area contributed by atoms with Gasteiger partial charge in [-0.05, 0) is 39.8 Å². The van der Waals surface area contributed by atoms with E-state index in [4.69, 9.17) is 15.0 Å². The van der Waals surface area contributed by atoms with Gasteiger partial charge in [0.15, 0.2) is 0 Å². The molecule has 0 amide bonds. The molecule has 1 aromatic rings. The summed E-state index contributed by atoms with van der Waals surface area (Å²) in [4.78, 5) is 0.0906. The lowest BCUT2D eigenvalue weighted by molar-refractivity contribution is 0.00578. The molecule has 1 aromatic carbocycles. The Labute approximate surface area is 132 Å². The second-order valence-electron chi connectivity index (χ2n) is 6.39. The van der Waals surface area contributed by atoms with Gasteiger partial charge in [-0.1, -0.05) is 13.0 Å². The van der Waals surface area contributed by atoms with Crippen molar-refractivity contribution < 1.29 is 17.7 Å². The summed E-state index contributed by atoms with van der Waals surface area (Å²) in [6.45, 7) is 9.69. The van der Waals surface area contributed by atoms with Crippen LogP contribution in [0.3, 0.4) is 0 Å². The van der Waals surface area contributed by atoms with Crippen LogP contribution in [0.4, 0.5) is 5.69 Å². The average molecular weight is 326 g/mol. The van der Waals surface area contributed by atoms with Gasteiger partial charge in [-0.2, -0.15) is 0 Å². The zero-order valence-corrected chi connectivity index (χ0v) is 14.5. The van der Waals surface area contributed by atoms with E-state index in [-0.39, 0.29) is 4.90 Å². The maximum Gasteiger partial charge on any atom is 0.496 e. The molecule has 6 nitrogen and oxygen atoms in total. The van der Waals surface area contributed by atoms with Crippen LogP contribution in [-0.4, -0.2) is 33.3 Å². The topological polar surface area (TPSA) is 90.7 Å². The summed E-state index contributed by atoms with van der Waals surface area (Å²) in [6.07, 6.45) is 0. The number of nitrogen functional groups attached to an aromatic ring is 1. The van der Waals surface area contributed by atoms with Gasteiger partial charge in [-0.15, -0.1) is 0 Å². The fourth-order valence-corrected chi connectivity index (χ4v) is 3.52. The Morgan fingerprint density at radius 1 is 1.18 bits per heavy atom. The van der Waals surface area contributed by atoms with E-state index in [1.54, 1.807) is 19.1 Å². The molecule has 0 unspecified atom stereocenters. The van der Waals surface area contributed by atoms with Crippen molar-refractivity contribution in [1.29, 1.82) is 0 Å². The van der Waals surface area contributed by atoms with Crippen LogP contribution in [0.2, 0.25) is 0 Å². The highest BCUT2D eigenvalue weighted by molar-refractivity contribution is 7.89. The monoisotopic (exact) mass is 326 g/mol. The quantitative estimate of drug-likeness (QED) is 0.633. The van der Waals surface area contributed by atoms with Gasteiger partial charge in [0.25, 0.3) is 0 Å². The fourth-order valence-electron chi connectivity index (χ4n) is 2.22. The lowest BCUT2D eigenvalue weighted by Crippen LogP contribution is -2.41. The number of sulfonamides is 1. The first-order valence-corrected chi connectivity index (χ1v) is 8.73. The summed E-state index contributed by atoms with van der Waals surface area (Å²) in [7, 11) is -4.42. The Morgan fingerprint density at radius 3 is 2.23 bits per heavy atom. The summed E-state index contributed by atoms with van der Waals surface area (Å²) in [6, 6.07) is 4.71. The number of hydrogen-bond acceptors (Lipinski definition) is 5. The third-order valence-corrected chi connectivity index (χ3v) is 5.77. The molecule has 1 aliphatic heterocycles. The summed E-state index contributed by atoms with van der Waals surface area (Å²) in [5, 5.41) is 0. The first-order chi connectivity index (χ1) is 10.00. The highest BCUT2D eigenvalue weighted by Crippen LogP contribution is 2.37. The number of anilines is 1. The van der Waals surface area contributed by atoms with Gasteiger partial charge in [0.2, 0.25) is 10.0 Å². The minimum Gasteiger partial charge on any atom is -0.399 e. The van der Waals surface area contributed by atoms with Gasteiger partial charge in [-0.25, -0.2) is 13.1 Å². The van der Waals surface area contributed by atoms with Crippen LogP contribution in [0.1, 0.15) is 34.6 Å². The number of nitrogens with two attached hydrogens (primary N) is 1. The maximum absolute atomic E-state index is 12.4. The molecule has 1 saturated heterocycles. The summed E-state index contributed by atoms with van der Waals surface area (Å²) < 4.78 is 39.2. The molecule has 122 valence electrons. The van der Waals surface area contributed by atoms with Crippen LogP contribution >= 0.6 is 0 Å². The highest BCUT2D eigenvalue weighted by atomic mass is 32.2. The molecule has 0 bridgehead atoms. The third kappa shape index (κ3) is 3.01. The van der Waals surface area contributed by atoms with E-state index >= 15 is 0 Å². The van der Waals surface area contributed by atoms with Gasteiger partial charge in [-0.3, -0.25) is 0 Å². The molecule has 8 heteroatoms. The van der Waals surface area contributed by atoms with Gasteiger partial charge < -0.3 is 15.0 Å². The molecule has 0 spiro atoms. The van der Waals surface area contributed by atoms with Crippen LogP contribution in [0.25, 0.3) is 0 Å². The van der Waals surface area contributed by atoms with Crippen molar-refractivity contribution in [3.05, 3.63) is 18.2 Å². The second-order valence-corrected chi connectivity index (χ2v) is 8.12. The Hall–Kier alpha value is -1.09. The second kappa shape index (κ2) is 5.52. The molecular formula is C14H23BN2O4S. The molecule has 0 atom stereocenters. The van der Waals surface area contributed by atoms with Crippen molar-refractivity contribution in [3.8, 4) is 0 Å². The van der Waals surface area contributed by atoms with E-state index in [2.05, 4.69) is 4.72 Å². The molecule has 0 aromatic heterocycles. The number of hydrogen-bond donors (Lipinski definition) is 2. The fraction of sp³-hybridized carbons (Fsp3) is 0.571. The minimum atomic E-state index is -3.67. The van der Waals surface area contributed by atoms with Crippen molar-refractivity contribution >= 4 is 28.3 Å². The summed E-state index contributed by atoms with van der Waals surface area (Å²) in [5.74, 6) is 0. The van der Waals surface area contributed by atoms with Gasteiger partial charge in [0, 0.05) is 17.7 Å². The maximum atomic E-state index is 12.4. The van der Waals surface area contributed by atoms with Crippen molar-refractivity contribution in [2.45, 2.75) is 50.7 Å². The molecule has 0 aliphatic carbocycles. The largest absolute Gasteiger partial charge is 0.496 e. The molecule has 2 rings (SSSR count). The lowest BCUT2D eigenvalue weighted by Gasteiger charge is -2.32. The van der Waals surface area contributed by atoms with E-state index in [0.717, 1.165) is 0 Å². The number of rotatable bonds is 4. The predicted octanol–water partition coefficient (Wildman–Crippen LogP) is 0.866. The number of nitrogens with one attached hydrogen (secondary N) is 1. The van der Waals surface area contributed by atoms with Crippen molar-refractivity contribution in [2.24, 2.45) is 0 Å². The Bertz CT molecular complexity index is 657. The van der Waals surface area contributed by atoms with E-state index in [0.29, 0.717) is 17.7 Å². The van der Waals surface area contributed by atoms with Gasteiger partial charge in [0.05, 0.1) is 16.1 Å². The van der Waals surface area contributed by atoms with Crippen LogP contribution in [0, 0.1) is 0 Å². The van der Waals surface area contributed by atoms with Crippen molar-refractivity contribution in [3.63, 3.8) is 0 Å². The van der Waals surface area contributed by atoms with Gasteiger partial charge in [0.1, 0.15) is 0 Å². The standard InChI is InChI=1S/C14H23BN2O4S/c1-6-17-22(18,19)12-9-10(16)7-8-11(12)15-20-13(2,3)14(4,5)21-15/h7-9,17H,6,16H2,1-5H3. The van der Waals surface area contributed by atoms with E-state index in [1.165, 1.54) is 6.07 Å². The minimum absolute atomic E-state index is 0.0906. The molecule has 1 fully saturated rings. The van der Waals surface area contributed by atoms with Crippen LogP contribution in [0.5, 0.6) is 0 Å². The average Bonchev–Trinajstić information content (AvgIpc) is 2.58. The zero-order valence-electron chi connectivity index (χ0n) is 13.6. The first kappa shape index (κ1) is 17.3. The summed E-state index contributed by atoms with van der Waals surface area (Å²) >= 11 is 0. The molecular weight excluding hydrogens is 303 g/mol. The van der Waals surface area contributed by atoms with Crippen molar-refractivity contribution in [2.75, 3.05) is 12.3 Å². The molecule has 0 saturated carbocycles. The Balaban J connectivity index is 2.50. The molecule has 22 heavy (non-hydrogen) atoms. The summed E-state index contributed by atoms with van der Waals surface area (Å²) in [5.41, 5.74) is 5.49. The third-order valence-electron chi connectivity index (χ3n) is 4.17. The normalized spacial score (nSPS) is 20.3. The van der Waals surface area contributed by atoms with E-state index < -0.39 is 28.3 Å². The Kier molecular flexibility index (Phi) is 4.34. The SMILES string of the molecule is CCNS(=O)(=O)c1cc(N)ccc1B1OC(C)(C)C(C)(C)O1.